The number of hydrogen-bond donors (Lipinski definition) is 0. The fraction of sp³-hybridized carbons (Fsp3) is 0.214. The van der Waals surface area contributed by atoms with Crippen LogP contribution in [0.1, 0.15) is 11.3 Å². The number of aromatic nitrogens is 1. The molecule has 0 saturated carbocycles. The van der Waals surface area contributed by atoms with Crippen LogP contribution in [-0.2, 0) is 0 Å². The lowest BCUT2D eigenvalue weighted by atomic mass is 10.1. The van der Waals surface area contributed by atoms with Crippen LogP contribution >= 0.6 is 0 Å². The molecule has 0 unspecified atom stereocenters. The summed E-state index contributed by atoms with van der Waals surface area (Å²) in [7, 11) is 0. The van der Waals surface area contributed by atoms with Crippen LogP contribution in [-0.4, -0.2) is 11.6 Å². The van der Waals surface area contributed by atoms with E-state index in [1.807, 2.05) is 26.0 Å². The van der Waals surface area contributed by atoms with E-state index in [2.05, 4.69) is 9.72 Å². The van der Waals surface area contributed by atoms with Gasteiger partial charge in [0.1, 0.15) is 5.75 Å². The zero-order chi connectivity index (χ0) is 13.1. The highest BCUT2D eigenvalue weighted by atomic mass is 19.3. The number of pyridine rings is 1. The first-order valence-corrected chi connectivity index (χ1v) is 5.55. The number of aryl methyl sites for hydroxylation is 2. The van der Waals surface area contributed by atoms with E-state index in [-0.39, 0.29) is 5.75 Å². The minimum atomic E-state index is -2.80. The molecule has 0 spiro atoms. The molecule has 1 aromatic heterocycles. The lowest BCUT2D eigenvalue weighted by Gasteiger charge is -2.07. The molecule has 0 aliphatic heterocycles. The Bertz CT molecular complexity index is 518. The van der Waals surface area contributed by atoms with Crippen LogP contribution in [0.5, 0.6) is 5.75 Å². The molecule has 2 rings (SSSR count). The number of nitrogens with zero attached hydrogens (tertiary/aromatic N) is 1. The van der Waals surface area contributed by atoms with Gasteiger partial charge in [0.25, 0.3) is 0 Å². The smallest absolute Gasteiger partial charge is 0.387 e. The average molecular weight is 249 g/mol. The Balaban J connectivity index is 2.28. The van der Waals surface area contributed by atoms with E-state index in [9.17, 15) is 8.78 Å². The Morgan fingerprint density at radius 2 is 1.72 bits per heavy atom. The Kier molecular flexibility index (Phi) is 3.55. The second-order valence-electron chi connectivity index (χ2n) is 4.07. The highest BCUT2D eigenvalue weighted by molar-refractivity contribution is 5.61. The van der Waals surface area contributed by atoms with Gasteiger partial charge in [-0.25, -0.2) is 0 Å². The molecular weight excluding hydrogens is 236 g/mol. The normalized spacial score (nSPS) is 10.7. The number of halogens is 2. The molecule has 4 heteroatoms. The van der Waals surface area contributed by atoms with Gasteiger partial charge in [-0.15, -0.1) is 0 Å². The molecule has 0 fully saturated rings. The topological polar surface area (TPSA) is 22.1 Å². The van der Waals surface area contributed by atoms with Gasteiger partial charge >= 0.3 is 6.61 Å². The molecule has 0 N–H and O–H groups in total. The first kappa shape index (κ1) is 12.5. The molecule has 0 bridgehead atoms. The molecule has 0 aliphatic carbocycles. The molecule has 0 aliphatic rings. The van der Waals surface area contributed by atoms with Crippen molar-refractivity contribution in [3.63, 3.8) is 0 Å². The average Bonchev–Trinajstić information content (AvgIpc) is 2.27. The van der Waals surface area contributed by atoms with Crippen molar-refractivity contribution in [3.8, 4) is 17.0 Å². The molecule has 0 saturated heterocycles. The Labute approximate surface area is 104 Å². The van der Waals surface area contributed by atoms with Crippen molar-refractivity contribution in [2.45, 2.75) is 20.5 Å². The molecule has 94 valence electrons. The van der Waals surface area contributed by atoms with Gasteiger partial charge < -0.3 is 4.74 Å². The minimum Gasteiger partial charge on any atom is -0.435 e. The summed E-state index contributed by atoms with van der Waals surface area (Å²) in [6, 6.07) is 10.4. The number of rotatable bonds is 3. The van der Waals surface area contributed by atoms with E-state index < -0.39 is 6.61 Å². The maximum atomic E-state index is 12.0. The van der Waals surface area contributed by atoms with E-state index in [1.165, 1.54) is 12.1 Å². The van der Waals surface area contributed by atoms with Crippen LogP contribution < -0.4 is 4.74 Å². The largest absolute Gasteiger partial charge is 0.435 e. The molecule has 0 radical (unpaired) electrons. The zero-order valence-corrected chi connectivity index (χ0v) is 10.2. The van der Waals surface area contributed by atoms with E-state index in [4.69, 9.17) is 0 Å². The summed E-state index contributed by atoms with van der Waals surface area (Å²) in [5, 5.41) is 0. The van der Waals surface area contributed by atoms with Crippen molar-refractivity contribution in [1.82, 2.24) is 4.98 Å². The number of alkyl halides is 2. The number of hydrogen-bond acceptors (Lipinski definition) is 2. The van der Waals surface area contributed by atoms with Gasteiger partial charge in [0, 0.05) is 11.3 Å². The second kappa shape index (κ2) is 5.12. The van der Waals surface area contributed by atoms with Crippen LogP contribution in [0, 0.1) is 13.8 Å². The summed E-state index contributed by atoms with van der Waals surface area (Å²) in [6.07, 6.45) is 0. The summed E-state index contributed by atoms with van der Waals surface area (Å²) >= 11 is 0. The van der Waals surface area contributed by atoms with Gasteiger partial charge in [-0.05, 0) is 55.8 Å². The maximum Gasteiger partial charge on any atom is 0.387 e. The third-order valence-electron chi connectivity index (χ3n) is 2.47. The van der Waals surface area contributed by atoms with Gasteiger partial charge in [-0.3, -0.25) is 4.98 Å². The van der Waals surface area contributed by atoms with Gasteiger partial charge in [0.05, 0.1) is 5.69 Å². The summed E-state index contributed by atoms with van der Waals surface area (Å²) in [6.45, 7) is 1.12. The molecule has 18 heavy (non-hydrogen) atoms. The number of ether oxygens (including phenoxy) is 1. The number of benzene rings is 1. The van der Waals surface area contributed by atoms with E-state index in [0.29, 0.717) is 0 Å². The van der Waals surface area contributed by atoms with E-state index >= 15 is 0 Å². The lowest BCUT2D eigenvalue weighted by molar-refractivity contribution is -0.0498. The standard InChI is InChI=1S/C14H13F2NO/c1-9-7-10(2)17-13(8-9)11-3-5-12(6-4-11)18-14(15)16/h3-8,14H,1-2H3. The lowest BCUT2D eigenvalue weighted by Crippen LogP contribution is -2.01. The Morgan fingerprint density at radius 1 is 1.06 bits per heavy atom. The summed E-state index contributed by atoms with van der Waals surface area (Å²) in [5.41, 5.74) is 3.75. The first-order chi connectivity index (χ1) is 8.54. The predicted octanol–water partition coefficient (Wildman–Crippen LogP) is 3.97. The quantitative estimate of drug-likeness (QED) is 0.821. The van der Waals surface area contributed by atoms with Crippen LogP contribution in [0.4, 0.5) is 8.78 Å². The zero-order valence-electron chi connectivity index (χ0n) is 10.2. The third kappa shape index (κ3) is 3.03. The van der Waals surface area contributed by atoms with Crippen molar-refractivity contribution in [2.75, 3.05) is 0 Å². The highest BCUT2D eigenvalue weighted by Crippen LogP contribution is 2.22. The summed E-state index contributed by atoms with van der Waals surface area (Å²) < 4.78 is 28.3. The molecule has 2 aromatic rings. The molecular formula is C14H13F2NO. The molecule has 1 aromatic carbocycles. The predicted molar refractivity (Wildman–Crippen MR) is 65.8 cm³/mol. The third-order valence-corrected chi connectivity index (χ3v) is 2.47. The van der Waals surface area contributed by atoms with Crippen molar-refractivity contribution in [1.29, 1.82) is 0 Å². The SMILES string of the molecule is Cc1cc(C)nc(-c2ccc(OC(F)F)cc2)c1. The van der Waals surface area contributed by atoms with Gasteiger partial charge in [0.2, 0.25) is 0 Å². The monoisotopic (exact) mass is 249 g/mol. The molecule has 2 nitrogen and oxygen atoms in total. The van der Waals surface area contributed by atoms with Crippen LogP contribution in [0.25, 0.3) is 11.3 Å². The minimum absolute atomic E-state index is 0.151. The van der Waals surface area contributed by atoms with Crippen LogP contribution in [0.3, 0.4) is 0 Å². The van der Waals surface area contributed by atoms with Gasteiger partial charge in [-0.1, -0.05) is 0 Å². The fourth-order valence-electron chi connectivity index (χ4n) is 1.80. The van der Waals surface area contributed by atoms with Gasteiger partial charge in [-0.2, -0.15) is 8.78 Å². The van der Waals surface area contributed by atoms with Crippen molar-refractivity contribution >= 4 is 0 Å². The van der Waals surface area contributed by atoms with Crippen LogP contribution in [0.15, 0.2) is 36.4 Å². The second-order valence-corrected chi connectivity index (χ2v) is 4.07. The van der Waals surface area contributed by atoms with E-state index in [1.54, 1.807) is 12.1 Å². The first-order valence-electron chi connectivity index (χ1n) is 5.55. The van der Waals surface area contributed by atoms with Crippen LogP contribution in [0.2, 0.25) is 0 Å². The Morgan fingerprint density at radius 3 is 2.28 bits per heavy atom. The molecule has 0 amide bonds. The Hall–Kier alpha value is -1.97. The van der Waals surface area contributed by atoms with Gasteiger partial charge in [0.15, 0.2) is 0 Å². The molecule has 0 atom stereocenters. The molecule has 1 heterocycles. The highest BCUT2D eigenvalue weighted by Gasteiger charge is 2.05. The fourth-order valence-corrected chi connectivity index (χ4v) is 1.80. The van der Waals surface area contributed by atoms with Crippen molar-refractivity contribution < 1.29 is 13.5 Å². The maximum absolute atomic E-state index is 12.0. The summed E-state index contributed by atoms with van der Waals surface area (Å²) in [4.78, 5) is 4.41. The van der Waals surface area contributed by atoms with E-state index in [0.717, 1.165) is 22.5 Å². The van der Waals surface area contributed by atoms with Crippen molar-refractivity contribution in [3.05, 3.63) is 47.7 Å². The summed E-state index contributed by atoms with van der Waals surface area (Å²) in [5.74, 6) is 0.151. The van der Waals surface area contributed by atoms with Crippen molar-refractivity contribution in [2.24, 2.45) is 0 Å².